The Morgan fingerprint density at radius 2 is 2.17 bits per heavy atom. The summed E-state index contributed by atoms with van der Waals surface area (Å²) in [5, 5.41) is 11.9. The van der Waals surface area contributed by atoms with Crippen LogP contribution in [0.3, 0.4) is 0 Å². The van der Waals surface area contributed by atoms with E-state index in [1.54, 1.807) is 0 Å². The summed E-state index contributed by atoms with van der Waals surface area (Å²) >= 11 is 0. The Morgan fingerprint density at radius 1 is 1.44 bits per heavy atom. The van der Waals surface area contributed by atoms with E-state index < -0.39 is 17.3 Å². The van der Waals surface area contributed by atoms with Gasteiger partial charge in [-0.3, -0.25) is 9.59 Å². The topological polar surface area (TPSA) is 66.4 Å². The zero-order valence-corrected chi connectivity index (χ0v) is 11.0. The average Bonchev–Trinajstić information content (AvgIpc) is 2.65. The van der Waals surface area contributed by atoms with Gasteiger partial charge in [-0.1, -0.05) is 25.5 Å². The number of rotatable bonds is 5. The molecule has 0 radical (unpaired) electrons. The molecule has 2 rings (SSSR count). The fourth-order valence-electron chi connectivity index (χ4n) is 3.01. The maximum absolute atomic E-state index is 11.9. The summed E-state index contributed by atoms with van der Waals surface area (Å²) in [6.45, 7) is 4.31. The van der Waals surface area contributed by atoms with Crippen molar-refractivity contribution in [3.63, 3.8) is 0 Å². The molecule has 100 valence electrons. The van der Waals surface area contributed by atoms with Gasteiger partial charge in [-0.05, 0) is 31.1 Å². The van der Waals surface area contributed by atoms with Crippen molar-refractivity contribution in [2.45, 2.75) is 39.5 Å². The van der Waals surface area contributed by atoms with Crippen molar-refractivity contribution in [3.05, 3.63) is 11.6 Å². The van der Waals surface area contributed by atoms with Gasteiger partial charge in [0.15, 0.2) is 0 Å². The smallest absolute Gasteiger partial charge is 0.307 e. The van der Waals surface area contributed by atoms with Gasteiger partial charge in [-0.15, -0.1) is 0 Å². The van der Waals surface area contributed by atoms with Crippen molar-refractivity contribution in [2.24, 2.45) is 17.3 Å². The molecule has 2 atom stereocenters. The van der Waals surface area contributed by atoms with Crippen molar-refractivity contribution in [2.75, 3.05) is 6.54 Å². The van der Waals surface area contributed by atoms with Gasteiger partial charge >= 0.3 is 5.97 Å². The zero-order chi connectivity index (χ0) is 13.3. The lowest BCUT2D eigenvalue weighted by molar-refractivity contribution is -0.140. The number of carbonyl (C=O) groups is 2. The fourth-order valence-corrected chi connectivity index (χ4v) is 3.01. The summed E-state index contributed by atoms with van der Waals surface area (Å²) in [4.78, 5) is 22.9. The Balaban J connectivity index is 1.77. The van der Waals surface area contributed by atoms with Gasteiger partial charge in [0.2, 0.25) is 5.91 Å². The summed E-state index contributed by atoms with van der Waals surface area (Å²) in [5.74, 6) is -1.86. The first kappa shape index (κ1) is 13.1. The van der Waals surface area contributed by atoms with E-state index in [2.05, 4.69) is 11.4 Å². The molecular weight excluding hydrogens is 230 g/mol. The molecule has 18 heavy (non-hydrogen) atoms. The van der Waals surface area contributed by atoms with Crippen LogP contribution in [0.4, 0.5) is 0 Å². The summed E-state index contributed by atoms with van der Waals surface area (Å²) < 4.78 is 0. The summed E-state index contributed by atoms with van der Waals surface area (Å²) in [7, 11) is 0. The van der Waals surface area contributed by atoms with E-state index in [0.717, 1.165) is 19.3 Å². The van der Waals surface area contributed by atoms with Crippen LogP contribution < -0.4 is 5.32 Å². The van der Waals surface area contributed by atoms with Crippen molar-refractivity contribution >= 4 is 11.9 Å². The SMILES string of the molecule is CC1(C)[C@H](C(=O)O)[C@@H]1C(=O)NCCC1=CCCC1. The Labute approximate surface area is 107 Å². The Kier molecular flexibility index (Phi) is 3.46. The number of carboxylic acid groups (broad SMARTS) is 1. The second-order valence-electron chi connectivity index (χ2n) is 5.91. The molecule has 0 unspecified atom stereocenters. The predicted octanol–water partition coefficient (Wildman–Crippen LogP) is 1.96. The highest BCUT2D eigenvalue weighted by molar-refractivity contribution is 5.91. The Bertz CT molecular complexity index is 398. The standard InChI is InChI=1S/C14H21NO3/c1-14(2)10(11(14)13(17)18)12(16)15-8-7-9-5-3-4-6-9/h5,10-11H,3-4,6-8H2,1-2H3,(H,15,16)(H,17,18)/t10-,11+/m1/s1. The first-order valence-corrected chi connectivity index (χ1v) is 6.63. The van der Waals surface area contributed by atoms with Crippen molar-refractivity contribution in [1.29, 1.82) is 0 Å². The second-order valence-corrected chi connectivity index (χ2v) is 5.91. The van der Waals surface area contributed by atoms with Crippen molar-refractivity contribution in [1.82, 2.24) is 5.32 Å². The lowest BCUT2D eigenvalue weighted by Crippen LogP contribution is -2.28. The molecule has 0 aliphatic heterocycles. The lowest BCUT2D eigenvalue weighted by atomic mass is 10.1. The molecular formula is C14H21NO3. The third-order valence-electron chi connectivity index (χ3n) is 4.26. The number of aliphatic carboxylic acids is 1. The molecule has 0 saturated heterocycles. The van der Waals surface area contributed by atoms with Gasteiger partial charge in [-0.2, -0.15) is 0 Å². The van der Waals surface area contributed by atoms with Crippen LogP contribution >= 0.6 is 0 Å². The van der Waals surface area contributed by atoms with Crippen LogP contribution in [0.25, 0.3) is 0 Å². The molecule has 1 saturated carbocycles. The molecule has 4 nitrogen and oxygen atoms in total. The molecule has 0 aromatic heterocycles. The van der Waals surface area contributed by atoms with Crippen molar-refractivity contribution < 1.29 is 14.7 Å². The highest BCUT2D eigenvalue weighted by atomic mass is 16.4. The minimum absolute atomic E-state index is 0.106. The minimum Gasteiger partial charge on any atom is -0.481 e. The van der Waals surface area contributed by atoms with Crippen LogP contribution in [0.5, 0.6) is 0 Å². The monoisotopic (exact) mass is 251 g/mol. The number of hydrogen-bond acceptors (Lipinski definition) is 2. The molecule has 1 fully saturated rings. The highest BCUT2D eigenvalue weighted by Gasteiger charge is 2.65. The van der Waals surface area contributed by atoms with E-state index >= 15 is 0 Å². The molecule has 2 N–H and O–H groups in total. The average molecular weight is 251 g/mol. The molecule has 2 aliphatic carbocycles. The normalized spacial score (nSPS) is 28.7. The third-order valence-corrected chi connectivity index (χ3v) is 4.26. The number of allylic oxidation sites excluding steroid dienone is 1. The minimum atomic E-state index is -0.862. The summed E-state index contributed by atoms with van der Waals surface area (Å²) in [6, 6.07) is 0. The van der Waals surface area contributed by atoms with Crippen LogP contribution in [0.2, 0.25) is 0 Å². The molecule has 1 amide bonds. The van der Waals surface area contributed by atoms with Gasteiger partial charge in [0.1, 0.15) is 0 Å². The first-order valence-electron chi connectivity index (χ1n) is 6.63. The van der Waals surface area contributed by atoms with Crippen LogP contribution in [0.1, 0.15) is 39.5 Å². The molecule has 0 aromatic rings. The zero-order valence-electron chi connectivity index (χ0n) is 11.0. The van der Waals surface area contributed by atoms with E-state index in [1.807, 2.05) is 13.8 Å². The number of amides is 1. The Hall–Kier alpha value is -1.32. The van der Waals surface area contributed by atoms with Crippen LogP contribution in [0, 0.1) is 17.3 Å². The van der Waals surface area contributed by atoms with Gasteiger partial charge in [0.05, 0.1) is 11.8 Å². The molecule has 0 aromatic carbocycles. The van der Waals surface area contributed by atoms with Crippen LogP contribution in [0.15, 0.2) is 11.6 Å². The number of carbonyl (C=O) groups excluding carboxylic acids is 1. The summed E-state index contributed by atoms with van der Waals surface area (Å²) in [6.07, 6.45) is 6.66. The highest BCUT2D eigenvalue weighted by Crippen LogP contribution is 2.58. The van der Waals surface area contributed by atoms with E-state index in [9.17, 15) is 9.59 Å². The van der Waals surface area contributed by atoms with E-state index in [-0.39, 0.29) is 11.8 Å². The number of carboxylic acids is 1. The molecule has 0 spiro atoms. The molecule has 2 aliphatic rings. The van der Waals surface area contributed by atoms with E-state index in [1.165, 1.54) is 12.0 Å². The maximum atomic E-state index is 11.9. The van der Waals surface area contributed by atoms with E-state index in [0.29, 0.717) is 6.54 Å². The maximum Gasteiger partial charge on any atom is 0.307 e. The largest absolute Gasteiger partial charge is 0.481 e. The van der Waals surface area contributed by atoms with Gasteiger partial charge in [-0.25, -0.2) is 0 Å². The van der Waals surface area contributed by atoms with Crippen LogP contribution in [-0.4, -0.2) is 23.5 Å². The van der Waals surface area contributed by atoms with E-state index in [4.69, 9.17) is 5.11 Å². The molecule has 0 bridgehead atoms. The molecule has 0 heterocycles. The van der Waals surface area contributed by atoms with Crippen molar-refractivity contribution in [3.8, 4) is 0 Å². The van der Waals surface area contributed by atoms with Gasteiger partial charge < -0.3 is 10.4 Å². The number of nitrogens with one attached hydrogen (secondary N) is 1. The number of hydrogen-bond donors (Lipinski definition) is 2. The first-order chi connectivity index (χ1) is 8.44. The Morgan fingerprint density at radius 3 is 2.67 bits per heavy atom. The van der Waals surface area contributed by atoms with Crippen LogP contribution in [-0.2, 0) is 9.59 Å². The summed E-state index contributed by atoms with van der Waals surface area (Å²) in [5.41, 5.74) is 1.02. The third kappa shape index (κ3) is 2.42. The lowest BCUT2D eigenvalue weighted by Gasteiger charge is -2.06. The second kappa shape index (κ2) is 4.75. The predicted molar refractivity (Wildman–Crippen MR) is 68.0 cm³/mol. The fraction of sp³-hybridized carbons (Fsp3) is 0.714. The molecule has 4 heteroatoms. The quantitative estimate of drug-likeness (QED) is 0.734. The van der Waals surface area contributed by atoms with Gasteiger partial charge in [0.25, 0.3) is 0 Å². The van der Waals surface area contributed by atoms with Gasteiger partial charge in [0, 0.05) is 6.54 Å².